The van der Waals surface area contributed by atoms with Crippen LogP contribution in [0.4, 0.5) is 19.0 Å². The van der Waals surface area contributed by atoms with Gasteiger partial charge in [-0.15, -0.1) is 10.2 Å². The van der Waals surface area contributed by atoms with Crippen molar-refractivity contribution in [1.29, 1.82) is 0 Å². The molecule has 1 aliphatic heterocycles. The molecule has 0 atom stereocenters. The lowest BCUT2D eigenvalue weighted by Crippen LogP contribution is -2.47. The smallest absolute Gasteiger partial charge is 0.353 e. The van der Waals surface area contributed by atoms with Crippen LogP contribution < -0.4 is 4.90 Å². The Morgan fingerprint density at radius 1 is 1.10 bits per heavy atom. The fourth-order valence-electron chi connectivity index (χ4n) is 2.32. The van der Waals surface area contributed by atoms with E-state index in [-0.39, 0.29) is 0 Å². The molecule has 0 radical (unpaired) electrons. The number of piperazine rings is 1. The Hall–Kier alpha value is -1.37. The topological polar surface area (TPSA) is 32.3 Å². The van der Waals surface area contributed by atoms with E-state index in [1.54, 1.807) is 0 Å². The maximum absolute atomic E-state index is 12.4. The summed E-state index contributed by atoms with van der Waals surface area (Å²) < 4.78 is 37.2. The van der Waals surface area contributed by atoms with Crippen LogP contribution >= 0.6 is 0 Å². The van der Waals surface area contributed by atoms with Gasteiger partial charge in [0.25, 0.3) is 0 Å². The second kappa shape index (κ2) is 5.95. The van der Waals surface area contributed by atoms with E-state index in [9.17, 15) is 13.2 Å². The average Bonchev–Trinajstić information content (AvgIpc) is 2.38. The van der Waals surface area contributed by atoms with Gasteiger partial charge in [0.15, 0.2) is 11.5 Å². The van der Waals surface area contributed by atoms with Crippen LogP contribution in [-0.2, 0) is 6.18 Å². The van der Waals surface area contributed by atoms with Crippen LogP contribution in [0.25, 0.3) is 0 Å². The molecule has 1 fully saturated rings. The molecule has 0 aliphatic carbocycles. The number of nitrogens with zero attached hydrogens (tertiary/aromatic N) is 4. The van der Waals surface area contributed by atoms with Crippen molar-refractivity contribution >= 4 is 5.82 Å². The highest BCUT2D eigenvalue weighted by Gasteiger charge is 2.33. The predicted molar refractivity (Wildman–Crippen MR) is 70.5 cm³/mol. The molecule has 0 bridgehead atoms. The standard InChI is InChI=1S/C13H19F3N4/c1-10(2)9-19-5-7-20(8-6-19)12-4-3-11(17-18-12)13(14,15)16/h3-4,10H,5-9H2,1-2H3. The van der Waals surface area contributed by atoms with Gasteiger partial charge in [0, 0.05) is 32.7 Å². The first-order chi connectivity index (χ1) is 9.36. The molecule has 112 valence electrons. The minimum Gasteiger partial charge on any atom is -0.353 e. The SMILES string of the molecule is CC(C)CN1CCN(c2ccc(C(F)(F)F)nn2)CC1. The van der Waals surface area contributed by atoms with Gasteiger partial charge in [-0.05, 0) is 18.1 Å². The molecule has 0 saturated carbocycles. The second-order valence-corrected chi connectivity index (χ2v) is 5.46. The van der Waals surface area contributed by atoms with Crippen LogP contribution in [-0.4, -0.2) is 47.8 Å². The Morgan fingerprint density at radius 3 is 2.20 bits per heavy atom. The molecule has 7 heteroatoms. The molecule has 1 aromatic heterocycles. The normalized spacial score (nSPS) is 17.8. The van der Waals surface area contributed by atoms with Crippen LogP contribution in [0.15, 0.2) is 12.1 Å². The van der Waals surface area contributed by atoms with Crippen molar-refractivity contribution in [2.45, 2.75) is 20.0 Å². The molecule has 1 saturated heterocycles. The van der Waals surface area contributed by atoms with Gasteiger partial charge in [-0.3, -0.25) is 4.90 Å². The highest BCUT2D eigenvalue weighted by atomic mass is 19.4. The lowest BCUT2D eigenvalue weighted by molar-refractivity contribution is -0.141. The molecular formula is C13H19F3N4. The molecule has 2 heterocycles. The average molecular weight is 288 g/mol. The molecule has 4 nitrogen and oxygen atoms in total. The van der Waals surface area contributed by atoms with Crippen molar-refractivity contribution < 1.29 is 13.2 Å². The molecule has 2 rings (SSSR count). The van der Waals surface area contributed by atoms with Crippen molar-refractivity contribution in [2.24, 2.45) is 5.92 Å². The molecule has 0 aromatic carbocycles. The van der Waals surface area contributed by atoms with E-state index in [1.165, 1.54) is 6.07 Å². The molecule has 0 amide bonds. The minimum absolute atomic E-state index is 0.516. The minimum atomic E-state index is -4.43. The third-order valence-electron chi connectivity index (χ3n) is 3.26. The summed E-state index contributed by atoms with van der Waals surface area (Å²) >= 11 is 0. The van der Waals surface area contributed by atoms with Gasteiger partial charge in [-0.1, -0.05) is 13.8 Å². The molecular weight excluding hydrogens is 269 g/mol. The van der Waals surface area contributed by atoms with Crippen molar-refractivity contribution in [1.82, 2.24) is 15.1 Å². The van der Waals surface area contributed by atoms with Gasteiger partial charge in [0.2, 0.25) is 0 Å². The quantitative estimate of drug-likeness (QED) is 0.854. The summed E-state index contributed by atoms with van der Waals surface area (Å²) in [5, 5.41) is 6.95. The maximum atomic E-state index is 12.4. The van der Waals surface area contributed by atoms with Crippen LogP contribution in [0.3, 0.4) is 0 Å². The number of rotatable bonds is 3. The summed E-state index contributed by atoms with van der Waals surface area (Å²) in [6.45, 7) is 8.75. The fourth-order valence-corrected chi connectivity index (χ4v) is 2.32. The van der Waals surface area contributed by atoms with E-state index in [2.05, 4.69) is 28.9 Å². The van der Waals surface area contributed by atoms with Crippen LogP contribution in [0, 0.1) is 5.92 Å². The highest BCUT2D eigenvalue weighted by Crippen LogP contribution is 2.27. The first kappa shape index (κ1) is 15.0. The zero-order valence-electron chi connectivity index (χ0n) is 11.7. The van der Waals surface area contributed by atoms with Gasteiger partial charge in [-0.2, -0.15) is 13.2 Å². The third kappa shape index (κ3) is 3.82. The van der Waals surface area contributed by atoms with Crippen LogP contribution in [0.1, 0.15) is 19.5 Å². The van der Waals surface area contributed by atoms with Gasteiger partial charge in [-0.25, -0.2) is 0 Å². The first-order valence-corrected chi connectivity index (χ1v) is 6.74. The molecule has 20 heavy (non-hydrogen) atoms. The third-order valence-corrected chi connectivity index (χ3v) is 3.26. The molecule has 0 unspecified atom stereocenters. The highest BCUT2D eigenvalue weighted by molar-refractivity contribution is 5.38. The Morgan fingerprint density at radius 2 is 1.75 bits per heavy atom. The summed E-state index contributed by atoms with van der Waals surface area (Å²) in [7, 11) is 0. The fraction of sp³-hybridized carbons (Fsp3) is 0.692. The Balaban J connectivity index is 1.94. The van der Waals surface area contributed by atoms with E-state index in [4.69, 9.17) is 0 Å². The Kier molecular flexibility index (Phi) is 4.47. The van der Waals surface area contributed by atoms with E-state index >= 15 is 0 Å². The molecule has 0 spiro atoms. The van der Waals surface area contributed by atoms with Gasteiger partial charge in [0.05, 0.1) is 0 Å². The van der Waals surface area contributed by atoms with Gasteiger partial charge in [0.1, 0.15) is 0 Å². The van der Waals surface area contributed by atoms with E-state index in [0.29, 0.717) is 11.7 Å². The molecule has 1 aliphatic rings. The number of halogens is 3. The number of alkyl halides is 3. The second-order valence-electron chi connectivity index (χ2n) is 5.46. The summed E-state index contributed by atoms with van der Waals surface area (Å²) in [6.07, 6.45) is -4.43. The van der Waals surface area contributed by atoms with E-state index in [1.807, 2.05) is 4.90 Å². The number of anilines is 1. The Labute approximate surface area is 116 Å². The number of aromatic nitrogens is 2. The lowest BCUT2D eigenvalue weighted by Gasteiger charge is -2.35. The van der Waals surface area contributed by atoms with Crippen LogP contribution in [0.5, 0.6) is 0 Å². The number of hydrogen-bond acceptors (Lipinski definition) is 4. The molecule has 0 N–H and O–H groups in total. The summed E-state index contributed by atoms with van der Waals surface area (Å²) in [6, 6.07) is 2.39. The van der Waals surface area contributed by atoms with Crippen LogP contribution in [0.2, 0.25) is 0 Å². The van der Waals surface area contributed by atoms with E-state index < -0.39 is 11.9 Å². The lowest BCUT2D eigenvalue weighted by atomic mass is 10.2. The van der Waals surface area contributed by atoms with E-state index in [0.717, 1.165) is 38.8 Å². The van der Waals surface area contributed by atoms with Crippen molar-refractivity contribution in [3.05, 3.63) is 17.8 Å². The molecule has 1 aromatic rings. The zero-order chi connectivity index (χ0) is 14.8. The van der Waals surface area contributed by atoms with Gasteiger partial charge >= 0.3 is 6.18 Å². The summed E-state index contributed by atoms with van der Waals surface area (Å²) in [4.78, 5) is 4.34. The maximum Gasteiger partial charge on any atom is 0.435 e. The predicted octanol–water partition coefficient (Wildman–Crippen LogP) is 2.27. The van der Waals surface area contributed by atoms with Gasteiger partial charge < -0.3 is 4.90 Å². The Bertz CT molecular complexity index is 422. The summed E-state index contributed by atoms with van der Waals surface area (Å²) in [5.74, 6) is 1.13. The largest absolute Gasteiger partial charge is 0.435 e. The summed E-state index contributed by atoms with van der Waals surface area (Å²) in [5.41, 5.74) is -0.945. The monoisotopic (exact) mass is 288 g/mol. The van der Waals surface area contributed by atoms with Crippen molar-refractivity contribution in [3.63, 3.8) is 0 Å². The number of hydrogen-bond donors (Lipinski definition) is 0. The van der Waals surface area contributed by atoms with Crippen molar-refractivity contribution in [3.8, 4) is 0 Å². The first-order valence-electron chi connectivity index (χ1n) is 6.74. The van der Waals surface area contributed by atoms with Crippen molar-refractivity contribution in [2.75, 3.05) is 37.6 Å². The zero-order valence-corrected chi connectivity index (χ0v) is 11.7.